The highest BCUT2D eigenvalue weighted by molar-refractivity contribution is 5.30. The van der Waals surface area contributed by atoms with Crippen molar-refractivity contribution in [2.24, 2.45) is 0 Å². The molecule has 0 saturated heterocycles. The Morgan fingerprint density at radius 2 is 1.75 bits per heavy atom. The first kappa shape index (κ1) is 17.0. The molecule has 0 bridgehead atoms. The van der Waals surface area contributed by atoms with Crippen LogP contribution < -0.4 is 10.1 Å². The van der Waals surface area contributed by atoms with E-state index in [1.807, 2.05) is 26.0 Å². The Labute approximate surface area is 123 Å². The zero-order valence-electron chi connectivity index (χ0n) is 13.5. The number of hydrogen-bond donors (Lipinski definition) is 1. The molecule has 3 nitrogen and oxygen atoms in total. The SMILES string of the molecule is CCCC(OC)C(NCC)c1ccc(OC(C)C)cc1. The average molecular weight is 279 g/mol. The summed E-state index contributed by atoms with van der Waals surface area (Å²) in [7, 11) is 1.79. The largest absolute Gasteiger partial charge is 0.491 e. The van der Waals surface area contributed by atoms with Crippen molar-refractivity contribution in [3.05, 3.63) is 29.8 Å². The third-order valence-electron chi connectivity index (χ3n) is 3.28. The van der Waals surface area contributed by atoms with Gasteiger partial charge in [-0.15, -0.1) is 0 Å². The molecule has 0 spiro atoms. The molecule has 0 aliphatic heterocycles. The number of nitrogens with one attached hydrogen (secondary N) is 1. The summed E-state index contributed by atoms with van der Waals surface area (Å²) in [5.74, 6) is 0.920. The van der Waals surface area contributed by atoms with Crippen molar-refractivity contribution in [3.63, 3.8) is 0 Å². The summed E-state index contributed by atoms with van der Waals surface area (Å²) in [6.45, 7) is 9.32. The van der Waals surface area contributed by atoms with Crippen LogP contribution in [0.2, 0.25) is 0 Å². The molecule has 1 aromatic rings. The molecule has 1 aromatic carbocycles. The number of benzene rings is 1. The second-order valence-electron chi connectivity index (χ2n) is 5.33. The number of likely N-dealkylation sites (N-methyl/N-ethyl adjacent to an activating group) is 1. The molecule has 3 heteroatoms. The van der Waals surface area contributed by atoms with Crippen LogP contribution in [0.4, 0.5) is 0 Å². The molecule has 0 radical (unpaired) electrons. The molecule has 0 heterocycles. The predicted octanol–water partition coefficient (Wildman–Crippen LogP) is 3.94. The Balaban J connectivity index is 2.85. The highest BCUT2D eigenvalue weighted by Gasteiger charge is 2.21. The molecule has 2 atom stereocenters. The van der Waals surface area contributed by atoms with Crippen molar-refractivity contribution in [2.75, 3.05) is 13.7 Å². The second kappa shape index (κ2) is 8.98. The van der Waals surface area contributed by atoms with Crippen LogP contribution in [0.3, 0.4) is 0 Å². The molecule has 1 N–H and O–H groups in total. The molecule has 0 amide bonds. The van der Waals surface area contributed by atoms with Crippen molar-refractivity contribution >= 4 is 0 Å². The third-order valence-corrected chi connectivity index (χ3v) is 3.28. The van der Waals surface area contributed by atoms with E-state index >= 15 is 0 Å². The summed E-state index contributed by atoms with van der Waals surface area (Å²) in [5, 5.41) is 3.53. The van der Waals surface area contributed by atoms with Gasteiger partial charge in [0.25, 0.3) is 0 Å². The van der Waals surface area contributed by atoms with E-state index in [1.54, 1.807) is 7.11 Å². The van der Waals surface area contributed by atoms with Crippen LogP contribution in [0.1, 0.15) is 52.1 Å². The number of rotatable bonds is 9. The van der Waals surface area contributed by atoms with Gasteiger partial charge in [-0.2, -0.15) is 0 Å². The van der Waals surface area contributed by atoms with Crippen molar-refractivity contribution < 1.29 is 9.47 Å². The highest BCUT2D eigenvalue weighted by atomic mass is 16.5. The average Bonchev–Trinajstić information content (AvgIpc) is 2.43. The van der Waals surface area contributed by atoms with E-state index in [4.69, 9.17) is 9.47 Å². The fourth-order valence-electron chi connectivity index (χ4n) is 2.41. The molecular weight excluding hydrogens is 250 g/mol. The van der Waals surface area contributed by atoms with Gasteiger partial charge in [0.2, 0.25) is 0 Å². The van der Waals surface area contributed by atoms with Crippen LogP contribution in [0, 0.1) is 0 Å². The quantitative estimate of drug-likeness (QED) is 0.742. The van der Waals surface area contributed by atoms with Gasteiger partial charge in [0, 0.05) is 7.11 Å². The molecule has 1 rings (SSSR count). The van der Waals surface area contributed by atoms with Gasteiger partial charge in [0.1, 0.15) is 5.75 Å². The fourth-order valence-corrected chi connectivity index (χ4v) is 2.41. The Kier molecular flexibility index (Phi) is 7.63. The van der Waals surface area contributed by atoms with Gasteiger partial charge in [0.05, 0.1) is 18.2 Å². The molecule has 0 aliphatic carbocycles. The van der Waals surface area contributed by atoms with E-state index in [-0.39, 0.29) is 18.2 Å². The number of methoxy groups -OCH3 is 1. The van der Waals surface area contributed by atoms with Gasteiger partial charge in [-0.05, 0) is 44.5 Å². The van der Waals surface area contributed by atoms with E-state index in [2.05, 4.69) is 31.3 Å². The van der Waals surface area contributed by atoms with Gasteiger partial charge < -0.3 is 14.8 Å². The lowest BCUT2D eigenvalue weighted by atomic mass is 9.98. The molecule has 20 heavy (non-hydrogen) atoms. The Morgan fingerprint density at radius 1 is 1.10 bits per heavy atom. The summed E-state index contributed by atoms with van der Waals surface area (Å²) in [5.41, 5.74) is 1.25. The zero-order valence-corrected chi connectivity index (χ0v) is 13.5. The first-order valence-electron chi connectivity index (χ1n) is 7.65. The van der Waals surface area contributed by atoms with Gasteiger partial charge in [0.15, 0.2) is 0 Å². The molecule has 0 aromatic heterocycles. The highest BCUT2D eigenvalue weighted by Crippen LogP contribution is 2.24. The Bertz CT molecular complexity index is 362. The summed E-state index contributed by atoms with van der Waals surface area (Å²) >= 11 is 0. The zero-order chi connectivity index (χ0) is 15.0. The third kappa shape index (κ3) is 5.14. The van der Waals surface area contributed by atoms with Gasteiger partial charge in [-0.1, -0.05) is 32.4 Å². The van der Waals surface area contributed by atoms with Gasteiger partial charge in [-0.3, -0.25) is 0 Å². The minimum atomic E-state index is 0.205. The van der Waals surface area contributed by atoms with E-state index in [9.17, 15) is 0 Å². The topological polar surface area (TPSA) is 30.5 Å². The van der Waals surface area contributed by atoms with Crippen LogP contribution in [0.5, 0.6) is 5.75 Å². The maximum absolute atomic E-state index is 5.69. The maximum Gasteiger partial charge on any atom is 0.119 e. The summed E-state index contributed by atoms with van der Waals surface area (Å²) in [6.07, 6.45) is 2.59. The molecular formula is C17H29NO2. The van der Waals surface area contributed by atoms with E-state index in [0.717, 1.165) is 25.1 Å². The van der Waals surface area contributed by atoms with Crippen LogP contribution in [-0.2, 0) is 4.74 Å². The molecule has 0 saturated carbocycles. The predicted molar refractivity (Wildman–Crippen MR) is 84.3 cm³/mol. The Morgan fingerprint density at radius 3 is 2.20 bits per heavy atom. The smallest absolute Gasteiger partial charge is 0.119 e. The van der Waals surface area contributed by atoms with Gasteiger partial charge >= 0.3 is 0 Å². The van der Waals surface area contributed by atoms with Crippen molar-refractivity contribution in [1.29, 1.82) is 0 Å². The molecule has 2 unspecified atom stereocenters. The van der Waals surface area contributed by atoms with Crippen molar-refractivity contribution in [3.8, 4) is 5.75 Å². The van der Waals surface area contributed by atoms with Crippen LogP contribution in [-0.4, -0.2) is 25.9 Å². The van der Waals surface area contributed by atoms with Gasteiger partial charge in [-0.25, -0.2) is 0 Å². The molecule has 114 valence electrons. The fraction of sp³-hybridized carbons (Fsp3) is 0.647. The number of hydrogen-bond acceptors (Lipinski definition) is 3. The number of ether oxygens (including phenoxy) is 2. The van der Waals surface area contributed by atoms with Crippen LogP contribution >= 0.6 is 0 Å². The van der Waals surface area contributed by atoms with Crippen molar-refractivity contribution in [2.45, 2.75) is 58.8 Å². The van der Waals surface area contributed by atoms with E-state index in [0.29, 0.717) is 0 Å². The van der Waals surface area contributed by atoms with E-state index in [1.165, 1.54) is 5.56 Å². The second-order valence-corrected chi connectivity index (χ2v) is 5.33. The lowest BCUT2D eigenvalue weighted by Crippen LogP contribution is -2.33. The standard InChI is InChI=1S/C17H29NO2/c1-6-8-16(19-5)17(18-7-2)14-9-11-15(12-10-14)20-13(3)4/h9-13,16-18H,6-8H2,1-5H3. The Hall–Kier alpha value is -1.06. The first-order valence-corrected chi connectivity index (χ1v) is 7.65. The normalized spacial score (nSPS) is 14.3. The lowest BCUT2D eigenvalue weighted by molar-refractivity contribution is 0.0611. The minimum Gasteiger partial charge on any atom is -0.491 e. The lowest BCUT2D eigenvalue weighted by Gasteiger charge is -2.27. The monoisotopic (exact) mass is 279 g/mol. The summed E-state index contributed by atoms with van der Waals surface area (Å²) in [6, 6.07) is 8.58. The maximum atomic E-state index is 5.69. The first-order chi connectivity index (χ1) is 9.62. The van der Waals surface area contributed by atoms with Crippen LogP contribution in [0.15, 0.2) is 24.3 Å². The summed E-state index contributed by atoms with van der Waals surface area (Å²) in [4.78, 5) is 0. The minimum absolute atomic E-state index is 0.205. The van der Waals surface area contributed by atoms with E-state index < -0.39 is 0 Å². The summed E-state index contributed by atoms with van der Waals surface area (Å²) < 4.78 is 11.4. The van der Waals surface area contributed by atoms with Crippen LogP contribution in [0.25, 0.3) is 0 Å². The molecule has 0 aliphatic rings. The molecule has 0 fully saturated rings. The van der Waals surface area contributed by atoms with Crippen molar-refractivity contribution in [1.82, 2.24) is 5.32 Å².